The van der Waals surface area contributed by atoms with E-state index < -0.39 is 0 Å². The Labute approximate surface area is 164 Å². The predicted octanol–water partition coefficient (Wildman–Crippen LogP) is 5.42. The number of nitrogens with two attached hydrogens (primary N) is 1. The lowest BCUT2D eigenvalue weighted by Gasteiger charge is -2.26. The molecule has 1 saturated carbocycles. The van der Waals surface area contributed by atoms with E-state index in [9.17, 15) is 0 Å². The third kappa shape index (κ3) is 4.55. The summed E-state index contributed by atoms with van der Waals surface area (Å²) in [4.78, 5) is 0. The van der Waals surface area contributed by atoms with Crippen LogP contribution in [0.1, 0.15) is 67.7 Å². The van der Waals surface area contributed by atoms with Crippen molar-refractivity contribution in [1.82, 2.24) is 0 Å². The summed E-state index contributed by atoms with van der Waals surface area (Å²) in [5.41, 5.74) is 12.2. The topological polar surface area (TPSA) is 35.2 Å². The van der Waals surface area contributed by atoms with Gasteiger partial charge in [-0.25, -0.2) is 0 Å². The predicted molar refractivity (Wildman–Crippen MR) is 112 cm³/mol. The average Bonchev–Trinajstić information content (AvgIpc) is 3.07. The molecule has 0 spiro atoms. The van der Waals surface area contributed by atoms with Crippen molar-refractivity contribution in [3.05, 3.63) is 64.7 Å². The molecule has 2 aromatic carbocycles. The lowest BCUT2D eigenvalue weighted by Crippen LogP contribution is -2.17. The summed E-state index contributed by atoms with van der Waals surface area (Å²) >= 11 is 0. The fraction of sp³-hybridized carbons (Fsp3) is 0.520. The number of aryl methyl sites for hydroxylation is 1. The Kier molecular flexibility index (Phi) is 5.54. The van der Waals surface area contributed by atoms with Crippen molar-refractivity contribution in [2.75, 3.05) is 0 Å². The maximum Gasteiger partial charge on any atom is 0.119 e. The molecule has 0 aromatic heterocycles. The second-order valence-electron chi connectivity index (χ2n) is 8.93. The zero-order chi connectivity index (χ0) is 18.8. The normalized spacial score (nSPS) is 24.8. The first kappa shape index (κ1) is 18.6. The monoisotopic (exact) mass is 363 g/mol. The highest BCUT2D eigenvalue weighted by Gasteiger charge is 2.25. The van der Waals surface area contributed by atoms with Crippen molar-refractivity contribution in [3.8, 4) is 5.75 Å². The Bertz CT molecular complexity index is 782. The molecule has 2 heteroatoms. The van der Waals surface area contributed by atoms with Crippen LogP contribution in [-0.2, 0) is 19.3 Å². The van der Waals surface area contributed by atoms with Crippen LogP contribution in [0.4, 0.5) is 0 Å². The highest BCUT2D eigenvalue weighted by molar-refractivity contribution is 5.37. The van der Waals surface area contributed by atoms with Crippen LogP contribution in [0.15, 0.2) is 42.5 Å². The summed E-state index contributed by atoms with van der Waals surface area (Å²) in [7, 11) is 0. The van der Waals surface area contributed by atoms with Crippen molar-refractivity contribution in [3.63, 3.8) is 0 Å². The number of benzene rings is 2. The summed E-state index contributed by atoms with van der Waals surface area (Å²) in [6.07, 6.45) is 8.69. The Morgan fingerprint density at radius 3 is 2.70 bits per heavy atom. The largest absolute Gasteiger partial charge is 0.491 e. The molecule has 144 valence electrons. The fourth-order valence-electron chi connectivity index (χ4n) is 4.95. The van der Waals surface area contributed by atoms with Crippen LogP contribution in [0.25, 0.3) is 0 Å². The first-order chi connectivity index (χ1) is 13.1. The van der Waals surface area contributed by atoms with Crippen molar-refractivity contribution in [2.24, 2.45) is 11.7 Å². The van der Waals surface area contributed by atoms with Crippen molar-refractivity contribution >= 4 is 0 Å². The number of fused-ring (bicyclic) bond motifs is 1. The zero-order valence-corrected chi connectivity index (χ0v) is 16.8. The molecule has 27 heavy (non-hydrogen) atoms. The smallest absolute Gasteiger partial charge is 0.119 e. The molecule has 3 atom stereocenters. The molecule has 2 nitrogen and oxygen atoms in total. The molecule has 3 unspecified atom stereocenters. The second kappa shape index (κ2) is 8.06. The lowest BCUT2D eigenvalue weighted by molar-refractivity contribution is 0.242. The Hall–Kier alpha value is -1.80. The molecule has 4 rings (SSSR count). The van der Waals surface area contributed by atoms with Gasteiger partial charge in [0.15, 0.2) is 0 Å². The van der Waals surface area contributed by atoms with Crippen LogP contribution in [0.5, 0.6) is 5.75 Å². The quantitative estimate of drug-likeness (QED) is 0.770. The van der Waals surface area contributed by atoms with Gasteiger partial charge in [-0.2, -0.15) is 0 Å². The summed E-state index contributed by atoms with van der Waals surface area (Å²) in [5.74, 6) is 2.42. The van der Waals surface area contributed by atoms with Crippen LogP contribution in [0.2, 0.25) is 0 Å². The molecule has 0 aliphatic heterocycles. The number of ether oxygens (including phenoxy) is 1. The van der Waals surface area contributed by atoms with E-state index in [0.717, 1.165) is 24.5 Å². The molecule has 2 aliphatic carbocycles. The molecule has 0 saturated heterocycles. The molecular formula is C25H33NO. The summed E-state index contributed by atoms with van der Waals surface area (Å²) in [6, 6.07) is 16.3. The lowest BCUT2D eigenvalue weighted by atomic mass is 9.79. The van der Waals surface area contributed by atoms with Gasteiger partial charge in [-0.3, -0.25) is 0 Å². The molecule has 0 radical (unpaired) electrons. The summed E-state index contributed by atoms with van der Waals surface area (Å²) < 4.78 is 5.86. The van der Waals surface area contributed by atoms with Gasteiger partial charge in [0.1, 0.15) is 5.75 Å². The van der Waals surface area contributed by atoms with Gasteiger partial charge in [0.2, 0.25) is 0 Å². The summed E-state index contributed by atoms with van der Waals surface area (Å²) in [6.45, 7) is 4.16. The van der Waals surface area contributed by atoms with E-state index in [1.54, 1.807) is 11.1 Å². The molecule has 0 amide bonds. The molecule has 1 fully saturated rings. The van der Waals surface area contributed by atoms with E-state index in [1.165, 1.54) is 43.2 Å². The number of hydrogen-bond donors (Lipinski definition) is 1. The van der Waals surface area contributed by atoms with Gasteiger partial charge in [-0.05, 0) is 105 Å². The third-order valence-electron chi connectivity index (χ3n) is 6.30. The first-order valence-electron chi connectivity index (χ1n) is 10.7. The SMILES string of the molecule is CC(C)Oc1cccc(CC2CCc3cc(C4CCC(N)C4)ccc3C2)c1. The van der Waals surface area contributed by atoms with Gasteiger partial charge in [-0.1, -0.05) is 30.3 Å². The van der Waals surface area contributed by atoms with Crippen LogP contribution in [0.3, 0.4) is 0 Å². The fourth-order valence-corrected chi connectivity index (χ4v) is 4.95. The Morgan fingerprint density at radius 2 is 1.93 bits per heavy atom. The Morgan fingerprint density at radius 1 is 1.04 bits per heavy atom. The van der Waals surface area contributed by atoms with E-state index in [0.29, 0.717) is 12.0 Å². The van der Waals surface area contributed by atoms with E-state index >= 15 is 0 Å². The van der Waals surface area contributed by atoms with E-state index in [1.807, 2.05) is 0 Å². The minimum absolute atomic E-state index is 0.227. The molecule has 2 aromatic rings. The van der Waals surface area contributed by atoms with Crippen molar-refractivity contribution < 1.29 is 4.74 Å². The highest BCUT2D eigenvalue weighted by Crippen LogP contribution is 2.36. The van der Waals surface area contributed by atoms with Crippen LogP contribution < -0.4 is 10.5 Å². The van der Waals surface area contributed by atoms with Gasteiger partial charge in [-0.15, -0.1) is 0 Å². The number of rotatable bonds is 5. The molecule has 0 bridgehead atoms. The standard InChI is InChI=1S/C25H33NO/c1-17(2)27-25-5-3-4-18(14-25)12-19-6-7-21-15-22(9-8-20(21)13-19)23-10-11-24(26)16-23/h3-5,8-9,14-15,17,19,23-24H,6-7,10-13,16,26H2,1-2H3. The maximum atomic E-state index is 6.12. The molecule has 2 aliphatic rings. The average molecular weight is 364 g/mol. The molecular weight excluding hydrogens is 330 g/mol. The van der Waals surface area contributed by atoms with E-state index in [2.05, 4.69) is 56.3 Å². The first-order valence-corrected chi connectivity index (χ1v) is 10.7. The molecule has 0 heterocycles. The van der Waals surface area contributed by atoms with Gasteiger partial charge in [0.25, 0.3) is 0 Å². The van der Waals surface area contributed by atoms with Crippen LogP contribution in [0, 0.1) is 5.92 Å². The minimum atomic E-state index is 0.227. The van der Waals surface area contributed by atoms with Gasteiger partial charge in [0.05, 0.1) is 6.10 Å². The third-order valence-corrected chi connectivity index (χ3v) is 6.30. The van der Waals surface area contributed by atoms with Gasteiger partial charge in [0, 0.05) is 6.04 Å². The van der Waals surface area contributed by atoms with Crippen LogP contribution in [-0.4, -0.2) is 12.1 Å². The zero-order valence-electron chi connectivity index (χ0n) is 16.8. The van der Waals surface area contributed by atoms with Gasteiger partial charge < -0.3 is 10.5 Å². The van der Waals surface area contributed by atoms with E-state index in [-0.39, 0.29) is 6.10 Å². The van der Waals surface area contributed by atoms with Crippen molar-refractivity contribution in [2.45, 2.75) is 76.9 Å². The maximum absolute atomic E-state index is 6.12. The van der Waals surface area contributed by atoms with Gasteiger partial charge >= 0.3 is 0 Å². The number of hydrogen-bond acceptors (Lipinski definition) is 2. The Balaban J connectivity index is 1.41. The molecule has 2 N–H and O–H groups in total. The summed E-state index contributed by atoms with van der Waals surface area (Å²) in [5, 5.41) is 0. The van der Waals surface area contributed by atoms with Crippen LogP contribution >= 0.6 is 0 Å². The van der Waals surface area contributed by atoms with E-state index in [4.69, 9.17) is 10.5 Å². The second-order valence-corrected chi connectivity index (χ2v) is 8.93. The minimum Gasteiger partial charge on any atom is -0.491 e. The van der Waals surface area contributed by atoms with Crippen molar-refractivity contribution in [1.29, 1.82) is 0 Å². The highest BCUT2D eigenvalue weighted by atomic mass is 16.5.